The molecule has 2 aromatic rings. The summed E-state index contributed by atoms with van der Waals surface area (Å²) in [5.41, 5.74) is 0.704. The van der Waals surface area contributed by atoms with Gasteiger partial charge in [0.2, 0.25) is 5.91 Å². The Morgan fingerprint density at radius 1 is 1.29 bits per heavy atom. The molecule has 0 saturated heterocycles. The summed E-state index contributed by atoms with van der Waals surface area (Å²) in [5, 5.41) is 4.92. The van der Waals surface area contributed by atoms with Crippen LogP contribution in [0, 0.1) is 0 Å². The van der Waals surface area contributed by atoms with E-state index in [-0.39, 0.29) is 5.91 Å². The fraction of sp³-hybridized carbons (Fsp3) is 0.267. The maximum absolute atomic E-state index is 12.0. The van der Waals surface area contributed by atoms with Crippen LogP contribution in [0.15, 0.2) is 34.1 Å². The molecular formula is C15H14BrNO3S. The van der Waals surface area contributed by atoms with Gasteiger partial charge in [-0.15, -0.1) is 11.3 Å². The standard InChI is InChI=1S/C15H14BrNO3S/c16-11-8-13-14(20-6-5-19-13)9-12(11)17-15(18)4-3-10-2-1-7-21-10/h1-2,7-9H,3-6H2,(H,17,18). The first-order valence-corrected chi connectivity index (χ1v) is 8.31. The highest BCUT2D eigenvalue weighted by Crippen LogP contribution is 2.38. The number of halogens is 1. The van der Waals surface area contributed by atoms with Gasteiger partial charge in [0.15, 0.2) is 11.5 Å². The largest absolute Gasteiger partial charge is 0.486 e. The molecular weight excluding hydrogens is 354 g/mol. The Bertz CT molecular complexity index is 643. The molecule has 2 heterocycles. The number of fused-ring (bicyclic) bond motifs is 1. The van der Waals surface area contributed by atoms with Crippen molar-refractivity contribution in [3.63, 3.8) is 0 Å². The van der Waals surface area contributed by atoms with E-state index in [4.69, 9.17) is 9.47 Å². The third-order valence-electron chi connectivity index (χ3n) is 3.08. The average molecular weight is 368 g/mol. The first kappa shape index (κ1) is 14.4. The summed E-state index contributed by atoms with van der Waals surface area (Å²) in [7, 11) is 0. The van der Waals surface area contributed by atoms with Gasteiger partial charge in [-0.3, -0.25) is 4.79 Å². The predicted octanol–water partition coefficient (Wildman–Crippen LogP) is 3.85. The minimum absolute atomic E-state index is 0.0132. The lowest BCUT2D eigenvalue weighted by atomic mass is 10.2. The van der Waals surface area contributed by atoms with Crippen LogP contribution in [0.25, 0.3) is 0 Å². The van der Waals surface area contributed by atoms with Crippen LogP contribution in [0.2, 0.25) is 0 Å². The molecule has 1 aromatic carbocycles. The summed E-state index contributed by atoms with van der Waals surface area (Å²) >= 11 is 5.11. The Hall–Kier alpha value is -1.53. The number of hydrogen-bond donors (Lipinski definition) is 1. The van der Waals surface area contributed by atoms with Crippen LogP contribution in [0.3, 0.4) is 0 Å². The van der Waals surface area contributed by atoms with Crippen molar-refractivity contribution < 1.29 is 14.3 Å². The van der Waals surface area contributed by atoms with Gasteiger partial charge in [0.1, 0.15) is 13.2 Å². The lowest BCUT2D eigenvalue weighted by Gasteiger charge is -2.20. The molecule has 4 nitrogen and oxygen atoms in total. The molecule has 1 aliphatic heterocycles. The van der Waals surface area contributed by atoms with Crippen molar-refractivity contribution in [1.82, 2.24) is 0 Å². The number of aryl methyl sites for hydroxylation is 1. The van der Waals surface area contributed by atoms with E-state index in [2.05, 4.69) is 21.2 Å². The SMILES string of the molecule is O=C(CCc1cccs1)Nc1cc2c(cc1Br)OCCO2. The van der Waals surface area contributed by atoms with Crippen molar-refractivity contribution in [2.24, 2.45) is 0 Å². The number of nitrogens with one attached hydrogen (secondary N) is 1. The van der Waals surface area contributed by atoms with Gasteiger partial charge in [0.25, 0.3) is 0 Å². The van der Waals surface area contributed by atoms with Crippen LogP contribution in [-0.2, 0) is 11.2 Å². The molecule has 0 unspecified atom stereocenters. The van der Waals surface area contributed by atoms with E-state index in [1.165, 1.54) is 4.88 Å². The quantitative estimate of drug-likeness (QED) is 0.892. The molecule has 0 fully saturated rings. The summed E-state index contributed by atoms with van der Waals surface area (Å²) in [6.45, 7) is 1.08. The van der Waals surface area contributed by atoms with Crippen molar-refractivity contribution in [1.29, 1.82) is 0 Å². The second kappa shape index (κ2) is 6.49. The van der Waals surface area contributed by atoms with Crippen molar-refractivity contribution in [3.05, 3.63) is 39.0 Å². The van der Waals surface area contributed by atoms with E-state index >= 15 is 0 Å². The average Bonchev–Trinajstić information content (AvgIpc) is 2.99. The van der Waals surface area contributed by atoms with E-state index in [0.29, 0.717) is 36.8 Å². The van der Waals surface area contributed by atoms with E-state index in [1.54, 1.807) is 17.4 Å². The first-order valence-electron chi connectivity index (χ1n) is 6.64. The second-order valence-electron chi connectivity index (χ2n) is 4.60. The lowest BCUT2D eigenvalue weighted by molar-refractivity contribution is -0.116. The van der Waals surface area contributed by atoms with Crippen molar-refractivity contribution in [3.8, 4) is 11.5 Å². The molecule has 110 valence electrons. The Labute approximate surface area is 135 Å². The van der Waals surface area contributed by atoms with Gasteiger partial charge < -0.3 is 14.8 Å². The molecule has 1 N–H and O–H groups in total. The monoisotopic (exact) mass is 367 g/mol. The van der Waals surface area contributed by atoms with E-state index < -0.39 is 0 Å². The molecule has 0 bridgehead atoms. The predicted molar refractivity (Wildman–Crippen MR) is 86.4 cm³/mol. The van der Waals surface area contributed by atoms with Crippen LogP contribution in [0.4, 0.5) is 5.69 Å². The second-order valence-corrected chi connectivity index (χ2v) is 6.49. The molecule has 21 heavy (non-hydrogen) atoms. The fourth-order valence-corrected chi connectivity index (χ4v) is 3.19. The highest BCUT2D eigenvalue weighted by molar-refractivity contribution is 9.10. The van der Waals surface area contributed by atoms with Crippen LogP contribution in [0.1, 0.15) is 11.3 Å². The van der Waals surface area contributed by atoms with E-state index in [9.17, 15) is 4.79 Å². The molecule has 0 spiro atoms. The minimum atomic E-state index is -0.0132. The van der Waals surface area contributed by atoms with Crippen LogP contribution >= 0.6 is 27.3 Å². The zero-order valence-electron chi connectivity index (χ0n) is 11.2. The van der Waals surface area contributed by atoms with Crippen molar-refractivity contribution in [2.45, 2.75) is 12.8 Å². The lowest BCUT2D eigenvalue weighted by Crippen LogP contribution is -2.17. The summed E-state index contributed by atoms with van der Waals surface area (Å²) < 4.78 is 11.8. The van der Waals surface area contributed by atoms with Gasteiger partial charge in [-0.05, 0) is 33.8 Å². The normalized spacial score (nSPS) is 13.0. The highest BCUT2D eigenvalue weighted by Gasteiger charge is 2.16. The summed E-state index contributed by atoms with van der Waals surface area (Å²) in [5.74, 6) is 1.35. The number of amides is 1. The van der Waals surface area contributed by atoms with Gasteiger partial charge in [-0.2, -0.15) is 0 Å². The zero-order valence-corrected chi connectivity index (χ0v) is 13.6. The Morgan fingerprint density at radius 2 is 2.05 bits per heavy atom. The molecule has 1 amide bonds. The Morgan fingerprint density at radius 3 is 2.76 bits per heavy atom. The molecule has 0 saturated carbocycles. The van der Waals surface area contributed by atoms with Gasteiger partial charge in [0.05, 0.1) is 5.69 Å². The third kappa shape index (κ3) is 3.57. The smallest absolute Gasteiger partial charge is 0.224 e. The van der Waals surface area contributed by atoms with Gasteiger partial charge in [-0.25, -0.2) is 0 Å². The Balaban J connectivity index is 1.65. The van der Waals surface area contributed by atoms with Crippen LogP contribution < -0.4 is 14.8 Å². The van der Waals surface area contributed by atoms with Gasteiger partial charge in [-0.1, -0.05) is 6.07 Å². The summed E-state index contributed by atoms with van der Waals surface area (Å²) in [6, 6.07) is 7.65. The number of hydrogen-bond acceptors (Lipinski definition) is 4. The third-order valence-corrected chi connectivity index (χ3v) is 4.68. The van der Waals surface area contributed by atoms with Crippen LogP contribution in [-0.4, -0.2) is 19.1 Å². The summed E-state index contributed by atoms with van der Waals surface area (Å²) in [4.78, 5) is 13.2. The summed E-state index contributed by atoms with van der Waals surface area (Å²) in [6.07, 6.45) is 1.22. The topological polar surface area (TPSA) is 47.6 Å². The highest BCUT2D eigenvalue weighted by atomic mass is 79.9. The molecule has 1 aromatic heterocycles. The molecule has 1 aliphatic rings. The number of carbonyl (C=O) groups excluding carboxylic acids is 1. The first-order chi connectivity index (χ1) is 10.2. The number of thiophene rings is 1. The number of rotatable bonds is 4. The minimum Gasteiger partial charge on any atom is -0.486 e. The number of ether oxygens (including phenoxy) is 2. The number of carbonyl (C=O) groups is 1. The van der Waals surface area contributed by atoms with Crippen molar-refractivity contribution in [2.75, 3.05) is 18.5 Å². The maximum atomic E-state index is 12.0. The number of benzene rings is 1. The maximum Gasteiger partial charge on any atom is 0.224 e. The fourth-order valence-electron chi connectivity index (χ4n) is 2.06. The van der Waals surface area contributed by atoms with E-state index in [0.717, 1.165) is 10.9 Å². The van der Waals surface area contributed by atoms with Crippen LogP contribution in [0.5, 0.6) is 11.5 Å². The van der Waals surface area contributed by atoms with Gasteiger partial charge in [0, 0.05) is 27.9 Å². The van der Waals surface area contributed by atoms with Gasteiger partial charge >= 0.3 is 0 Å². The van der Waals surface area contributed by atoms with E-state index in [1.807, 2.05) is 23.6 Å². The molecule has 0 radical (unpaired) electrons. The van der Waals surface area contributed by atoms with Crippen molar-refractivity contribution >= 4 is 38.9 Å². The molecule has 6 heteroatoms. The number of anilines is 1. The molecule has 0 aliphatic carbocycles. The molecule has 3 rings (SSSR count). The Kier molecular flexibility index (Phi) is 4.45. The zero-order chi connectivity index (χ0) is 14.7. The molecule has 0 atom stereocenters.